The van der Waals surface area contributed by atoms with E-state index in [0.717, 1.165) is 25.1 Å². The Bertz CT molecular complexity index is 489. The van der Waals surface area contributed by atoms with Gasteiger partial charge in [0.2, 0.25) is 5.91 Å². The zero-order valence-corrected chi connectivity index (χ0v) is 11.7. The molecule has 6 nitrogen and oxygen atoms in total. The summed E-state index contributed by atoms with van der Waals surface area (Å²) in [6.45, 7) is 2.43. The molecule has 1 saturated heterocycles. The summed E-state index contributed by atoms with van der Waals surface area (Å²) < 4.78 is 0. The minimum Gasteiger partial charge on any atom is -0.329 e. The number of aryl methyl sites for hydroxylation is 1. The third kappa shape index (κ3) is 2.41. The lowest BCUT2D eigenvalue weighted by atomic mass is 9.68. The summed E-state index contributed by atoms with van der Waals surface area (Å²) in [5.41, 5.74) is 12.8. The van der Waals surface area contributed by atoms with Crippen LogP contribution in [0.25, 0.3) is 0 Å². The molecule has 4 unspecified atom stereocenters. The summed E-state index contributed by atoms with van der Waals surface area (Å²) in [7, 11) is 0. The molecule has 6 heteroatoms. The maximum atomic E-state index is 11.9. The number of carbonyl (C=O) groups excluding carboxylic acids is 1. The van der Waals surface area contributed by atoms with Gasteiger partial charge in [-0.05, 0) is 43.6 Å². The van der Waals surface area contributed by atoms with Gasteiger partial charge >= 0.3 is 0 Å². The standard InChI is InChI=1S/C14H21N5O/c1-8-16-6-10(7-17-8)9-2-3-11-12(4-9)13(5-15)18-19-14(11)20/h6-7,9,11-13,18H,2-5,15H2,1H3,(H,19,20). The molecule has 1 saturated carbocycles. The van der Waals surface area contributed by atoms with E-state index in [1.807, 2.05) is 19.3 Å². The largest absolute Gasteiger partial charge is 0.329 e. The van der Waals surface area contributed by atoms with E-state index in [-0.39, 0.29) is 17.9 Å². The number of carbonyl (C=O) groups is 1. The smallest absolute Gasteiger partial charge is 0.237 e. The molecule has 1 aliphatic carbocycles. The average molecular weight is 275 g/mol. The molecule has 2 fully saturated rings. The monoisotopic (exact) mass is 275 g/mol. The number of amides is 1. The first-order valence-electron chi connectivity index (χ1n) is 7.23. The lowest BCUT2D eigenvalue weighted by Crippen LogP contribution is -2.62. The van der Waals surface area contributed by atoms with E-state index in [0.29, 0.717) is 18.4 Å². The van der Waals surface area contributed by atoms with E-state index in [1.165, 1.54) is 5.56 Å². The number of hydrogen-bond donors (Lipinski definition) is 3. The maximum absolute atomic E-state index is 11.9. The van der Waals surface area contributed by atoms with Crippen LogP contribution in [0, 0.1) is 18.8 Å². The van der Waals surface area contributed by atoms with E-state index in [4.69, 9.17) is 5.73 Å². The van der Waals surface area contributed by atoms with Gasteiger partial charge in [-0.3, -0.25) is 10.2 Å². The van der Waals surface area contributed by atoms with Crippen molar-refractivity contribution in [1.82, 2.24) is 20.8 Å². The highest BCUT2D eigenvalue weighted by atomic mass is 16.2. The Labute approximate surface area is 118 Å². The molecule has 1 aromatic rings. The van der Waals surface area contributed by atoms with Crippen LogP contribution >= 0.6 is 0 Å². The third-order valence-electron chi connectivity index (χ3n) is 4.66. The number of aromatic nitrogens is 2. The number of nitrogens with two attached hydrogens (primary N) is 1. The van der Waals surface area contributed by atoms with Crippen LogP contribution in [-0.2, 0) is 4.79 Å². The summed E-state index contributed by atoms with van der Waals surface area (Å²) >= 11 is 0. The number of rotatable bonds is 2. The summed E-state index contributed by atoms with van der Waals surface area (Å²) in [6.07, 6.45) is 6.73. The van der Waals surface area contributed by atoms with Crippen molar-refractivity contribution < 1.29 is 4.79 Å². The van der Waals surface area contributed by atoms with Crippen molar-refractivity contribution in [2.24, 2.45) is 17.6 Å². The van der Waals surface area contributed by atoms with Gasteiger partial charge in [-0.25, -0.2) is 15.4 Å². The van der Waals surface area contributed by atoms with Crippen LogP contribution in [0.5, 0.6) is 0 Å². The minimum absolute atomic E-state index is 0.0902. The molecule has 1 aromatic heterocycles. The highest BCUT2D eigenvalue weighted by Gasteiger charge is 2.42. The molecule has 1 aliphatic heterocycles. The molecule has 0 radical (unpaired) electrons. The van der Waals surface area contributed by atoms with Crippen LogP contribution < -0.4 is 16.6 Å². The molecule has 20 heavy (non-hydrogen) atoms. The van der Waals surface area contributed by atoms with Crippen LogP contribution in [0.3, 0.4) is 0 Å². The minimum atomic E-state index is 0.0902. The highest BCUT2D eigenvalue weighted by Crippen LogP contribution is 2.41. The van der Waals surface area contributed by atoms with Gasteiger partial charge in [-0.15, -0.1) is 0 Å². The maximum Gasteiger partial charge on any atom is 0.237 e. The Morgan fingerprint density at radius 3 is 2.80 bits per heavy atom. The summed E-state index contributed by atoms with van der Waals surface area (Å²) in [5.74, 6) is 1.72. The molecule has 4 N–H and O–H groups in total. The second kappa shape index (κ2) is 5.46. The van der Waals surface area contributed by atoms with Gasteiger partial charge in [0.1, 0.15) is 5.82 Å². The van der Waals surface area contributed by atoms with Crippen LogP contribution in [-0.4, -0.2) is 28.5 Å². The first-order valence-corrected chi connectivity index (χ1v) is 7.23. The van der Waals surface area contributed by atoms with E-state index in [2.05, 4.69) is 20.8 Å². The first-order chi connectivity index (χ1) is 9.69. The number of fused-ring (bicyclic) bond motifs is 1. The molecule has 2 aliphatic rings. The van der Waals surface area contributed by atoms with Crippen molar-refractivity contribution in [2.45, 2.75) is 38.1 Å². The molecule has 108 valence electrons. The number of hydrazine groups is 1. The lowest BCUT2D eigenvalue weighted by molar-refractivity contribution is -0.133. The van der Waals surface area contributed by atoms with E-state index in [9.17, 15) is 4.79 Å². The predicted octanol–water partition coefficient (Wildman–Crippen LogP) is 0.247. The van der Waals surface area contributed by atoms with Crippen LogP contribution in [0.2, 0.25) is 0 Å². The second-order valence-electron chi connectivity index (χ2n) is 5.82. The van der Waals surface area contributed by atoms with Gasteiger partial charge in [-0.1, -0.05) is 0 Å². The molecule has 0 aromatic carbocycles. The Morgan fingerprint density at radius 1 is 1.35 bits per heavy atom. The van der Waals surface area contributed by atoms with Crippen LogP contribution in [0.1, 0.15) is 36.6 Å². The highest BCUT2D eigenvalue weighted by molar-refractivity contribution is 5.79. The van der Waals surface area contributed by atoms with E-state index >= 15 is 0 Å². The molecule has 1 amide bonds. The van der Waals surface area contributed by atoms with Gasteiger partial charge in [0.25, 0.3) is 0 Å². The fourth-order valence-corrected chi connectivity index (χ4v) is 3.49. The molecule has 0 bridgehead atoms. The Hall–Kier alpha value is -1.53. The molecule has 3 rings (SSSR count). The van der Waals surface area contributed by atoms with E-state index < -0.39 is 0 Å². The molecule has 2 heterocycles. The Balaban J connectivity index is 1.78. The number of nitrogens with one attached hydrogen (secondary N) is 2. The second-order valence-corrected chi connectivity index (χ2v) is 5.82. The van der Waals surface area contributed by atoms with Crippen molar-refractivity contribution in [1.29, 1.82) is 0 Å². The fraction of sp³-hybridized carbons (Fsp3) is 0.643. The normalized spacial score (nSPS) is 33.4. The lowest BCUT2D eigenvalue weighted by Gasteiger charge is -2.43. The summed E-state index contributed by atoms with van der Waals surface area (Å²) in [5, 5.41) is 0. The zero-order chi connectivity index (χ0) is 14.1. The number of nitrogens with zero attached hydrogens (tertiary/aromatic N) is 2. The fourth-order valence-electron chi connectivity index (χ4n) is 3.49. The van der Waals surface area contributed by atoms with Gasteiger partial charge in [-0.2, -0.15) is 0 Å². The van der Waals surface area contributed by atoms with Crippen LogP contribution in [0.15, 0.2) is 12.4 Å². The topological polar surface area (TPSA) is 92.9 Å². The SMILES string of the molecule is Cc1ncc(C2CCC3C(=O)NNC(CN)C3C2)cn1. The zero-order valence-electron chi connectivity index (χ0n) is 11.7. The molecular formula is C14H21N5O. The Kier molecular flexibility index (Phi) is 3.67. The van der Waals surface area contributed by atoms with Crippen molar-refractivity contribution in [2.75, 3.05) is 6.54 Å². The van der Waals surface area contributed by atoms with Crippen molar-refractivity contribution in [3.8, 4) is 0 Å². The van der Waals surface area contributed by atoms with Crippen molar-refractivity contribution in [3.05, 3.63) is 23.8 Å². The molecule has 0 spiro atoms. The van der Waals surface area contributed by atoms with Crippen molar-refractivity contribution >= 4 is 5.91 Å². The van der Waals surface area contributed by atoms with Gasteiger partial charge < -0.3 is 5.73 Å². The molecule has 4 atom stereocenters. The quantitative estimate of drug-likeness (QED) is 0.719. The van der Waals surface area contributed by atoms with E-state index in [1.54, 1.807) is 0 Å². The van der Waals surface area contributed by atoms with Crippen molar-refractivity contribution in [3.63, 3.8) is 0 Å². The molecular weight excluding hydrogens is 254 g/mol. The van der Waals surface area contributed by atoms with Gasteiger partial charge in [0.05, 0.1) is 0 Å². The Morgan fingerprint density at radius 2 is 2.10 bits per heavy atom. The number of hydrogen-bond acceptors (Lipinski definition) is 5. The summed E-state index contributed by atoms with van der Waals surface area (Å²) in [4.78, 5) is 20.5. The van der Waals surface area contributed by atoms with Gasteiger partial charge in [0.15, 0.2) is 0 Å². The first kappa shape index (κ1) is 13.5. The van der Waals surface area contributed by atoms with Crippen LogP contribution in [0.4, 0.5) is 0 Å². The summed E-state index contributed by atoms with van der Waals surface area (Å²) in [6, 6.07) is 0.159. The van der Waals surface area contributed by atoms with Gasteiger partial charge in [0, 0.05) is 30.9 Å². The predicted molar refractivity (Wildman–Crippen MR) is 74.5 cm³/mol. The average Bonchev–Trinajstić information content (AvgIpc) is 2.48. The third-order valence-corrected chi connectivity index (χ3v) is 4.66.